The lowest BCUT2D eigenvalue weighted by Crippen LogP contribution is -2.47. The van der Waals surface area contributed by atoms with Gasteiger partial charge >= 0.3 is 0 Å². The minimum atomic E-state index is -0.150. The molecule has 0 saturated carbocycles. The zero-order chi connectivity index (χ0) is 25.2. The minimum Gasteiger partial charge on any atom is -0.495 e. The molecule has 0 radical (unpaired) electrons. The summed E-state index contributed by atoms with van der Waals surface area (Å²) < 4.78 is 10.6. The lowest BCUT2D eigenvalue weighted by Gasteiger charge is -2.38. The number of methoxy groups -OCH3 is 2. The molecule has 0 atom stereocenters. The number of ether oxygens (including phenoxy) is 2. The van der Waals surface area contributed by atoms with Crippen LogP contribution >= 0.6 is 0 Å². The van der Waals surface area contributed by atoms with Crippen LogP contribution in [-0.4, -0.2) is 65.4 Å². The van der Waals surface area contributed by atoms with Gasteiger partial charge in [0.1, 0.15) is 5.75 Å². The summed E-state index contributed by atoms with van der Waals surface area (Å²) in [4.78, 5) is 30.0. The Morgan fingerprint density at radius 3 is 2.31 bits per heavy atom. The fourth-order valence-electron chi connectivity index (χ4n) is 4.25. The van der Waals surface area contributed by atoms with Crippen molar-refractivity contribution in [2.45, 2.75) is 26.7 Å². The summed E-state index contributed by atoms with van der Waals surface area (Å²) in [5.74, 6) is 0.920. The molecule has 1 saturated heterocycles. The molecule has 8 nitrogen and oxygen atoms in total. The minimum absolute atomic E-state index is 0.0513. The van der Waals surface area contributed by atoms with Crippen LogP contribution in [-0.2, 0) is 9.53 Å². The largest absolute Gasteiger partial charge is 0.495 e. The highest BCUT2D eigenvalue weighted by atomic mass is 16.5. The fourth-order valence-corrected chi connectivity index (χ4v) is 4.25. The van der Waals surface area contributed by atoms with Crippen molar-refractivity contribution in [3.8, 4) is 5.75 Å². The Hall–Kier alpha value is -3.26. The number of benzene rings is 2. The molecule has 3 rings (SSSR count). The molecule has 2 amide bonds. The predicted molar refractivity (Wildman–Crippen MR) is 141 cm³/mol. The number of hydrogen-bond acceptors (Lipinski definition) is 6. The van der Waals surface area contributed by atoms with E-state index in [1.54, 1.807) is 20.3 Å². The monoisotopic (exact) mass is 482 g/mol. The lowest BCUT2D eigenvalue weighted by molar-refractivity contribution is -0.116. The molecule has 1 aliphatic heterocycles. The first kappa shape index (κ1) is 26.3. The maximum absolute atomic E-state index is 13.1. The molecule has 2 aromatic carbocycles. The third-order valence-corrected chi connectivity index (χ3v) is 5.98. The van der Waals surface area contributed by atoms with Gasteiger partial charge in [-0.05, 0) is 42.7 Å². The Balaban J connectivity index is 1.76. The molecule has 8 heteroatoms. The maximum atomic E-state index is 13.1. The number of carbonyl (C=O) groups excluding carboxylic acids is 2. The zero-order valence-electron chi connectivity index (χ0n) is 21.3. The summed E-state index contributed by atoms with van der Waals surface area (Å²) in [7, 11) is 3.34. The van der Waals surface area contributed by atoms with Gasteiger partial charge in [-0.15, -0.1) is 0 Å². The maximum Gasteiger partial charge on any atom is 0.253 e. The van der Waals surface area contributed by atoms with E-state index in [4.69, 9.17) is 9.47 Å². The van der Waals surface area contributed by atoms with Crippen LogP contribution in [0.2, 0.25) is 0 Å². The summed E-state index contributed by atoms with van der Waals surface area (Å²) >= 11 is 0. The van der Waals surface area contributed by atoms with Crippen LogP contribution in [0.4, 0.5) is 17.1 Å². The fraction of sp³-hybridized carbons (Fsp3) is 0.481. The molecule has 2 N–H and O–H groups in total. The summed E-state index contributed by atoms with van der Waals surface area (Å²) in [6.45, 7) is 8.27. The van der Waals surface area contributed by atoms with E-state index in [1.807, 2.05) is 44.2 Å². The van der Waals surface area contributed by atoms with Crippen molar-refractivity contribution in [3.05, 3.63) is 48.0 Å². The molecule has 0 bridgehead atoms. The van der Waals surface area contributed by atoms with Gasteiger partial charge in [-0.1, -0.05) is 26.0 Å². The SMILES string of the molecule is COCCCNC(=O)c1cc(NC(=O)CC(C)C)ccc1N1CCN(c2ccccc2OC)CC1. The molecule has 1 aliphatic rings. The number of piperazine rings is 1. The topological polar surface area (TPSA) is 83.1 Å². The van der Waals surface area contributed by atoms with Gasteiger partial charge < -0.3 is 29.9 Å². The van der Waals surface area contributed by atoms with Crippen molar-refractivity contribution in [2.75, 3.05) is 68.7 Å². The summed E-state index contributed by atoms with van der Waals surface area (Å²) in [5.41, 5.74) is 3.15. The first-order chi connectivity index (χ1) is 16.9. The molecule has 190 valence electrons. The van der Waals surface area contributed by atoms with Crippen LogP contribution < -0.4 is 25.2 Å². The number of nitrogens with zero attached hydrogens (tertiary/aromatic N) is 2. The molecule has 35 heavy (non-hydrogen) atoms. The predicted octanol–water partition coefficient (Wildman–Crippen LogP) is 3.77. The summed E-state index contributed by atoms with van der Waals surface area (Å²) in [5, 5.41) is 5.93. The van der Waals surface area contributed by atoms with Gasteiger partial charge in [0.15, 0.2) is 0 Å². The van der Waals surface area contributed by atoms with Gasteiger partial charge in [0.2, 0.25) is 5.91 Å². The molecule has 0 aliphatic carbocycles. The average molecular weight is 483 g/mol. The number of nitrogens with one attached hydrogen (secondary N) is 2. The highest BCUT2D eigenvalue weighted by Crippen LogP contribution is 2.31. The van der Waals surface area contributed by atoms with E-state index in [1.165, 1.54) is 0 Å². The van der Waals surface area contributed by atoms with Crippen molar-refractivity contribution in [3.63, 3.8) is 0 Å². The van der Waals surface area contributed by atoms with E-state index in [2.05, 4.69) is 26.5 Å². The van der Waals surface area contributed by atoms with Crippen molar-refractivity contribution >= 4 is 28.9 Å². The van der Waals surface area contributed by atoms with E-state index in [9.17, 15) is 9.59 Å². The van der Waals surface area contributed by atoms with Crippen molar-refractivity contribution in [1.29, 1.82) is 0 Å². The van der Waals surface area contributed by atoms with E-state index < -0.39 is 0 Å². The highest BCUT2D eigenvalue weighted by Gasteiger charge is 2.24. The normalized spacial score (nSPS) is 13.6. The van der Waals surface area contributed by atoms with E-state index in [0.717, 1.165) is 49.7 Å². The Bertz CT molecular complexity index is 987. The molecule has 1 fully saturated rings. The first-order valence-corrected chi connectivity index (χ1v) is 12.3. The van der Waals surface area contributed by atoms with Gasteiger partial charge in [0.05, 0.1) is 18.4 Å². The van der Waals surface area contributed by atoms with Crippen LogP contribution in [0.15, 0.2) is 42.5 Å². The Kier molecular flexibility index (Phi) is 9.78. The van der Waals surface area contributed by atoms with Crippen LogP contribution in [0.5, 0.6) is 5.75 Å². The molecule has 0 unspecified atom stereocenters. The number of anilines is 3. The molecule has 2 aromatic rings. The van der Waals surface area contributed by atoms with Gasteiger partial charge in [-0.3, -0.25) is 9.59 Å². The first-order valence-electron chi connectivity index (χ1n) is 12.3. The third kappa shape index (κ3) is 7.36. The zero-order valence-corrected chi connectivity index (χ0v) is 21.3. The van der Waals surface area contributed by atoms with E-state index in [0.29, 0.717) is 30.8 Å². The highest BCUT2D eigenvalue weighted by molar-refractivity contribution is 6.02. The lowest BCUT2D eigenvalue weighted by atomic mass is 10.1. The second-order valence-corrected chi connectivity index (χ2v) is 9.13. The van der Waals surface area contributed by atoms with Crippen LogP contribution in [0.25, 0.3) is 0 Å². The van der Waals surface area contributed by atoms with E-state index in [-0.39, 0.29) is 17.7 Å². The number of para-hydroxylation sites is 2. The molecular formula is C27H38N4O4. The molecular weight excluding hydrogens is 444 g/mol. The summed E-state index contributed by atoms with van der Waals surface area (Å²) in [6.07, 6.45) is 1.17. The number of hydrogen-bond donors (Lipinski definition) is 2. The van der Waals surface area contributed by atoms with Crippen molar-refractivity contribution < 1.29 is 19.1 Å². The van der Waals surface area contributed by atoms with Gasteiger partial charge in [-0.2, -0.15) is 0 Å². The van der Waals surface area contributed by atoms with Crippen molar-refractivity contribution in [2.24, 2.45) is 5.92 Å². The number of carbonyl (C=O) groups is 2. The number of amides is 2. The molecule has 0 spiro atoms. The van der Waals surface area contributed by atoms with Crippen LogP contribution in [0.3, 0.4) is 0 Å². The van der Waals surface area contributed by atoms with E-state index >= 15 is 0 Å². The summed E-state index contributed by atoms with van der Waals surface area (Å²) in [6, 6.07) is 13.6. The molecule has 0 aromatic heterocycles. The van der Waals surface area contributed by atoms with Gasteiger partial charge in [0.25, 0.3) is 5.91 Å². The quantitative estimate of drug-likeness (QED) is 0.475. The molecule has 1 heterocycles. The Labute approximate surface area is 208 Å². The van der Waals surface area contributed by atoms with Crippen LogP contribution in [0, 0.1) is 5.92 Å². The average Bonchev–Trinajstić information content (AvgIpc) is 2.86. The third-order valence-electron chi connectivity index (χ3n) is 5.98. The Morgan fingerprint density at radius 2 is 1.66 bits per heavy atom. The Morgan fingerprint density at radius 1 is 0.971 bits per heavy atom. The smallest absolute Gasteiger partial charge is 0.253 e. The second kappa shape index (κ2) is 13.0. The van der Waals surface area contributed by atoms with Crippen molar-refractivity contribution in [1.82, 2.24) is 5.32 Å². The standard InChI is InChI=1S/C27H38N4O4/c1-20(2)18-26(32)29-21-10-11-23(22(19-21)27(33)28-12-7-17-34-3)30-13-15-31(16-14-30)24-8-5-6-9-25(24)35-4/h5-6,8-11,19-20H,7,12-18H2,1-4H3,(H,28,33)(H,29,32). The second-order valence-electron chi connectivity index (χ2n) is 9.13. The van der Waals surface area contributed by atoms with Gasteiger partial charge in [0, 0.05) is 64.2 Å². The van der Waals surface area contributed by atoms with Crippen LogP contribution in [0.1, 0.15) is 37.0 Å². The number of rotatable bonds is 11. The van der Waals surface area contributed by atoms with Gasteiger partial charge in [-0.25, -0.2) is 0 Å².